The van der Waals surface area contributed by atoms with E-state index in [2.05, 4.69) is 25.7 Å². The second-order valence-corrected chi connectivity index (χ2v) is 6.48. The summed E-state index contributed by atoms with van der Waals surface area (Å²) in [6, 6.07) is 9.22. The van der Waals surface area contributed by atoms with Crippen LogP contribution >= 0.6 is 0 Å². The van der Waals surface area contributed by atoms with Crippen molar-refractivity contribution >= 4 is 17.4 Å². The fourth-order valence-electron chi connectivity index (χ4n) is 2.82. The molecule has 0 radical (unpaired) electrons. The molecule has 10 heteroatoms. The van der Waals surface area contributed by atoms with Crippen molar-refractivity contribution in [1.82, 2.24) is 25.1 Å². The standard InChI is InChI=1S/C19H21N7O3/c1-12-10-13(2)25(24-12)18-11-17(22-14(3)23-18)20-8-9-21-19(27)15-4-6-16(7-5-15)26(28)29/h4-7,10-11H,8-9H2,1-3H3,(H,21,27)(H,20,22,23). The Kier molecular flexibility index (Phi) is 5.82. The molecule has 0 aliphatic heterocycles. The van der Waals surface area contributed by atoms with Crippen LogP contribution in [0.1, 0.15) is 27.6 Å². The van der Waals surface area contributed by atoms with Crippen LogP contribution in [0.4, 0.5) is 11.5 Å². The highest BCUT2D eigenvalue weighted by Gasteiger charge is 2.10. The quantitative estimate of drug-likeness (QED) is 0.357. The maximum absolute atomic E-state index is 12.1. The Morgan fingerprint density at radius 2 is 1.83 bits per heavy atom. The number of benzene rings is 1. The first-order chi connectivity index (χ1) is 13.8. The van der Waals surface area contributed by atoms with Gasteiger partial charge in [-0.2, -0.15) is 5.10 Å². The van der Waals surface area contributed by atoms with Gasteiger partial charge in [-0.1, -0.05) is 0 Å². The maximum atomic E-state index is 12.1. The van der Waals surface area contributed by atoms with Gasteiger partial charge in [0.1, 0.15) is 11.6 Å². The number of carbonyl (C=O) groups is 1. The second kappa shape index (κ2) is 8.46. The molecule has 0 aliphatic rings. The van der Waals surface area contributed by atoms with Crippen LogP contribution in [0.2, 0.25) is 0 Å². The van der Waals surface area contributed by atoms with Crippen LogP contribution in [-0.2, 0) is 0 Å². The zero-order valence-electron chi connectivity index (χ0n) is 16.3. The maximum Gasteiger partial charge on any atom is 0.269 e. The molecule has 1 amide bonds. The third kappa shape index (κ3) is 4.92. The van der Waals surface area contributed by atoms with Crippen molar-refractivity contribution in [2.75, 3.05) is 18.4 Å². The smallest absolute Gasteiger partial charge is 0.269 e. The van der Waals surface area contributed by atoms with Gasteiger partial charge in [-0.25, -0.2) is 14.6 Å². The van der Waals surface area contributed by atoms with Gasteiger partial charge in [-0.05, 0) is 39.0 Å². The molecule has 1 aromatic carbocycles. The molecule has 29 heavy (non-hydrogen) atoms. The molecule has 3 aromatic rings. The molecule has 0 aliphatic carbocycles. The van der Waals surface area contributed by atoms with E-state index in [-0.39, 0.29) is 11.6 Å². The number of aromatic nitrogens is 4. The highest BCUT2D eigenvalue weighted by atomic mass is 16.6. The number of carbonyl (C=O) groups excluding carboxylic acids is 1. The molecule has 2 N–H and O–H groups in total. The monoisotopic (exact) mass is 395 g/mol. The lowest BCUT2D eigenvalue weighted by atomic mass is 10.2. The predicted octanol–water partition coefficient (Wildman–Crippen LogP) is 2.34. The molecule has 0 atom stereocenters. The zero-order chi connectivity index (χ0) is 21.0. The van der Waals surface area contributed by atoms with Crippen molar-refractivity contribution in [3.8, 4) is 5.82 Å². The van der Waals surface area contributed by atoms with E-state index >= 15 is 0 Å². The van der Waals surface area contributed by atoms with Crippen LogP contribution in [0.25, 0.3) is 5.82 Å². The van der Waals surface area contributed by atoms with Crippen LogP contribution in [0.15, 0.2) is 36.4 Å². The molecule has 0 saturated carbocycles. The highest BCUT2D eigenvalue weighted by Crippen LogP contribution is 2.14. The van der Waals surface area contributed by atoms with Crippen LogP contribution < -0.4 is 10.6 Å². The number of aryl methyl sites for hydroxylation is 3. The number of nitro groups is 1. The first-order valence-corrected chi connectivity index (χ1v) is 8.99. The van der Waals surface area contributed by atoms with Gasteiger partial charge >= 0.3 is 0 Å². The summed E-state index contributed by atoms with van der Waals surface area (Å²) in [7, 11) is 0. The molecule has 0 unspecified atom stereocenters. The summed E-state index contributed by atoms with van der Waals surface area (Å²) in [6.07, 6.45) is 0. The molecule has 10 nitrogen and oxygen atoms in total. The Labute approximate surface area is 167 Å². The topological polar surface area (TPSA) is 128 Å². The fourth-order valence-corrected chi connectivity index (χ4v) is 2.82. The van der Waals surface area contributed by atoms with Crippen molar-refractivity contribution in [3.05, 3.63) is 69.3 Å². The number of amides is 1. The van der Waals surface area contributed by atoms with Gasteiger partial charge < -0.3 is 10.6 Å². The molecule has 2 aromatic heterocycles. The summed E-state index contributed by atoms with van der Waals surface area (Å²) in [5.41, 5.74) is 2.19. The summed E-state index contributed by atoms with van der Waals surface area (Å²) >= 11 is 0. The van der Waals surface area contributed by atoms with Gasteiger partial charge in [-0.15, -0.1) is 0 Å². The fraction of sp³-hybridized carbons (Fsp3) is 0.263. The summed E-state index contributed by atoms with van der Waals surface area (Å²) in [4.78, 5) is 31.1. The summed E-state index contributed by atoms with van der Waals surface area (Å²) in [5.74, 6) is 1.60. The first kappa shape index (κ1) is 19.9. The van der Waals surface area contributed by atoms with Crippen LogP contribution in [-0.4, -0.2) is 43.7 Å². The number of nitrogens with zero attached hydrogens (tertiary/aromatic N) is 5. The number of nitrogens with one attached hydrogen (secondary N) is 2. The minimum atomic E-state index is -0.504. The second-order valence-electron chi connectivity index (χ2n) is 6.48. The van der Waals surface area contributed by atoms with E-state index in [4.69, 9.17) is 0 Å². The number of rotatable bonds is 7. The van der Waals surface area contributed by atoms with Crippen LogP contribution in [0.3, 0.4) is 0 Å². The Morgan fingerprint density at radius 3 is 2.45 bits per heavy atom. The molecule has 0 fully saturated rings. The minimum absolute atomic E-state index is 0.0548. The average molecular weight is 395 g/mol. The molecule has 3 rings (SSSR count). The van der Waals surface area contributed by atoms with E-state index in [0.717, 1.165) is 11.4 Å². The van der Waals surface area contributed by atoms with Crippen molar-refractivity contribution in [1.29, 1.82) is 0 Å². The molecule has 0 spiro atoms. The van der Waals surface area contributed by atoms with Crippen LogP contribution in [0, 0.1) is 30.9 Å². The average Bonchev–Trinajstić information content (AvgIpc) is 3.03. The van der Waals surface area contributed by atoms with Gasteiger partial charge in [0.05, 0.1) is 10.6 Å². The summed E-state index contributed by atoms with van der Waals surface area (Å²) < 4.78 is 1.76. The lowest BCUT2D eigenvalue weighted by Gasteiger charge is -2.10. The number of hydrogen-bond acceptors (Lipinski definition) is 7. The van der Waals surface area contributed by atoms with Crippen molar-refractivity contribution in [2.45, 2.75) is 20.8 Å². The predicted molar refractivity (Wildman–Crippen MR) is 107 cm³/mol. The van der Waals surface area contributed by atoms with Crippen molar-refractivity contribution < 1.29 is 9.72 Å². The third-order valence-corrected chi connectivity index (χ3v) is 4.11. The van der Waals surface area contributed by atoms with Crippen LogP contribution in [0.5, 0.6) is 0 Å². The lowest BCUT2D eigenvalue weighted by molar-refractivity contribution is -0.384. The van der Waals surface area contributed by atoms with Gasteiger partial charge in [0, 0.05) is 42.5 Å². The number of anilines is 1. The van der Waals surface area contributed by atoms with E-state index in [1.54, 1.807) is 17.7 Å². The normalized spacial score (nSPS) is 10.6. The molecule has 2 heterocycles. The van der Waals surface area contributed by atoms with E-state index < -0.39 is 4.92 Å². The van der Waals surface area contributed by atoms with Gasteiger partial charge in [0.15, 0.2) is 5.82 Å². The van der Waals surface area contributed by atoms with Crippen molar-refractivity contribution in [3.63, 3.8) is 0 Å². The Bertz CT molecular complexity index is 1040. The highest BCUT2D eigenvalue weighted by molar-refractivity contribution is 5.94. The molecular formula is C19H21N7O3. The molecule has 150 valence electrons. The molecule has 0 saturated heterocycles. The van der Waals surface area contributed by atoms with Gasteiger partial charge in [0.2, 0.25) is 0 Å². The molecular weight excluding hydrogens is 374 g/mol. The number of non-ortho nitro benzene ring substituents is 1. The van der Waals surface area contributed by atoms with E-state index in [0.29, 0.717) is 36.1 Å². The first-order valence-electron chi connectivity index (χ1n) is 8.99. The third-order valence-electron chi connectivity index (χ3n) is 4.11. The van der Waals surface area contributed by atoms with Crippen molar-refractivity contribution in [2.24, 2.45) is 0 Å². The minimum Gasteiger partial charge on any atom is -0.368 e. The number of hydrogen-bond donors (Lipinski definition) is 2. The van der Waals surface area contributed by atoms with E-state index in [9.17, 15) is 14.9 Å². The van der Waals surface area contributed by atoms with E-state index in [1.807, 2.05) is 19.9 Å². The van der Waals surface area contributed by atoms with Gasteiger partial charge in [0.25, 0.3) is 11.6 Å². The summed E-state index contributed by atoms with van der Waals surface area (Å²) in [6.45, 7) is 6.49. The number of nitro benzene ring substituents is 1. The molecule has 0 bridgehead atoms. The van der Waals surface area contributed by atoms with Gasteiger partial charge in [-0.3, -0.25) is 14.9 Å². The Balaban J connectivity index is 1.57. The Hall–Kier alpha value is -3.82. The SMILES string of the molecule is Cc1cc(C)n(-c2cc(NCCNC(=O)c3ccc([N+](=O)[O-])cc3)nc(C)n2)n1. The largest absolute Gasteiger partial charge is 0.368 e. The Morgan fingerprint density at radius 1 is 1.10 bits per heavy atom. The summed E-state index contributed by atoms with van der Waals surface area (Å²) in [5, 5.41) is 21.0. The zero-order valence-corrected chi connectivity index (χ0v) is 16.3. The van der Waals surface area contributed by atoms with E-state index in [1.165, 1.54) is 24.3 Å². The lowest BCUT2D eigenvalue weighted by Crippen LogP contribution is -2.29.